The smallest absolute Gasteiger partial charge is 0.280 e. The largest absolute Gasteiger partial charge is 0.507 e. The van der Waals surface area contributed by atoms with Crippen LogP contribution in [0.4, 0.5) is 4.39 Å². The minimum absolute atomic E-state index is 0.0109. The molecule has 8 nitrogen and oxygen atoms in total. The summed E-state index contributed by atoms with van der Waals surface area (Å²) in [4.78, 5) is 41.0. The van der Waals surface area contributed by atoms with Gasteiger partial charge in [0.1, 0.15) is 11.6 Å². The molecule has 0 bridgehead atoms. The highest BCUT2D eigenvalue weighted by Crippen LogP contribution is 2.48. The van der Waals surface area contributed by atoms with E-state index in [1.807, 2.05) is 37.3 Å². The summed E-state index contributed by atoms with van der Waals surface area (Å²) >= 11 is 0. The quantitative estimate of drug-likeness (QED) is 0.189. The molecule has 44 heavy (non-hydrogen) atoms. The van der Waals surface area contributed by atoms with Gasteiger partial charge < -0.3 is 21.6 Å². The molecule has 0 unspecified atom stereocenters. The van der Waals surface area contributed by atoms with Gasteiger partial charge in [-0.2, -0.15) is 0 Å². The van der Waals surface area contributed by atoms with Gasteiger partial charge in [-0.25, -0.2) is 9.07 Å². The Hall–Kier alpha value is -4.66. The molecule has 2 aliphatic carbocycles. The Morgan fingerprint density at radius 1 is 0.955 bits per heavy atom. The van der Waals surface area contributed by atoms with E-state index in [2.05, 4.69) is 10.7 Å². The zero-order chi connectivity index (χ0) is 31.1. The van der Waals surface area contributed by atoms with Gasteiger partial charge >= 0.3 is 0 Å². The molecule has 228 valence electrons. The molecule has 1 heterocycles. The lowest BCUT2D eigenvalue weighted by Crippen LogP contribution is -2.37. The van der Waals surface area contributed by atoms with E-state index in [1.54, 1.807) is 25.1 Å². The summed E-state index contributed by atoms with van der Waals surface area (Å²) in [5.41, 5.74) is 10.7. The Morgan fingerprint density at radius 3 is 2.30 bits per heavy atom. The molecule has 6 rings (SSSR count). The molecule has 9 heteroatoms. The van der Waals surface area contributed by atoms with Gasteiger partial charge in [0, 0.05) is 17.8 Å². The molecule has 2 atom stereocenters. The highest BCUT2D eigenvalue weighted by molar-refractivity contribution is 6.11. The highest BCUT2D eigenvalue weighted by atomic mass is 19.1. The molecule has 3 aromatic carbocycles. The minimum Gasteiger partial charge on any atom is -0.507 e. The fourth-order valence-corrected chi connectivity index (χ4v) is 6.82. The average molecular weight is 597 g/mol. The number of hydrogen-bond donors (Lipinski definition) is 4. The molecule has 0 aliphatic heterocycles. The van der Waals surface area contributed by atoms with Crippen LogP contribution in [0.5, 0.6) is 5.75 Å². The predicted octanol–water partition coefficient (Wildman–Crippen LogP) is 5.63. The number of nitrogens with two attached hydrogens (primary N) is 1. The van der Waals surface area contributed by atoms with Crippen LogP contribution >= 0.6 is 0 Å². The molecule has 2 aliphatic rings. The summed E-state index contributed by atoms with van der Waals surface area (Å²) in [5.74, 6) is -2.50. The maximum absolute atomic E-state index is 15.1. The summed E-state index contributed by atoms with van der Waals surface area (Å²) < 4.78 is 16.4. The van der Waals surface area contributed by atoms with E-state index >= 15 is 4.39 Å². The van der Waals surface area contributed by atoms with Gasteiger partial charge in [-0.3, -0.25) is 14.4 Å². The first-order valence-electron chi connectivity index (χ1n) is 15.3. The van der Waals surface area contributed by atoms with Crippen LogP contribution in [0.3, 0.4) is 0 Å². The van der Waals surface area contributed by atoms with Crippen molar-refractivity contribution in [2.45, 2.75) is 57.9 Å². The van der Waals surface area contributed by atoms with Gasteiger partial charge in [0.05, 0.1) is 28.2 Å². The molecule has 2 fully saturated rings. The zero-order valence-corrected chi connectivity index (χ0v) is 24.9. The third-order valence-electron chi connectivity index (χ3n) is 9.25. The number of nitrogens with one attached hydrogen (secondary N) is 2. The van der Waals surface area contributed by atoms with E-state index < -0.39 is 23.2 Å². The van der Waals surface area contributed by atoms with Crippen molar-refractivity contribution in [3.8, 4) is 5.75 Å². The normalized spacial score (nSPS) is 16.2. The van der Waals surface area contributed by atoms with Crippen molar-refractivity contribution in [2.24, 2.45) is 17.6 Å². The number of halogens is 1. The Labute approximate surface area is 255 Å². The second-order valence-corrected chi connectivity index (χ2v) is 12.0. The van der Waals surface area contributed by atoms with Crippen LogP contribution < -0.4 is 22.0 Å². The Balaban J connectivity index is 1.63. The monoisotopic (exact) mass is 596 g/mol. The van der Waals surface area contributed by atoms with E-state index in [0.717, 1.165) is 37.7 Å². The molecule has 2 amide bonds. The summed E-state index contributed by atoms with van der Waals surface area (Å²) in [5, 5.41) is 14.7. The summed E-state index contributed by atoms with van der Waals surface area (Å²) in [6.07, 6.45) is 4.56. The molecule has 2 saturated carbocycles. The number of carbonyl (C=O) groups excluding carboxylic acids is 2. The number of pyridine rings is 1. The number of fused-ring (bicyclic) bond motifs is 1. The SMILES string of the molecule is CCNn1c(C)c(C(=O)N[C@H](c2ccccc2)C2CC2)c2c([C@@H](c3cccc(F)c3C(N)=O)C3CCC3)ccc(O)c2c1=O. The van der Waals surface area contributed by atoms with Crippen molar-refractivity contribution < 1.29 is 19.1 Å². The first-order chi connectivity index (χ1) is 21.2. The van der Waals surface area contributed by atoms with Crippen LogP contribution in [0.25, 0.3) is 10.8 Å². The van der Waals surface area contributed by atoms with Crippen molar-refractivity contribution in [2.75, 3.05) is 12.0 Å². The number of hydrogen-bond acceptors (Lipinski definition) is 5. The maximum Gasteiger partial charge on any atom is 0.280 e. The van der Waals surface area contributed by atoms with Gasteiger partial charge in [0.25, 0.3) is 17.4 Å². The zero-order valence-electron chi connectivity index (χ0n) is 24.9. The van der Waals surface area contributed by atoms with Crippen LogP contribution in [0.1, 0.15) is 94.1 Å². The average Bonchev–Trinajstić information content (AvgIpc) is 3.82. The topological polar surface area (TPSA) is 126 Å². The number of amides is 2. The van der Waals surface area contributed by atoms with E-state index in [9.17, 15) is 19.5 Å². The molecule has 0 spiro atoms. The summed E-state index contributed by atoms with van der Waals surface area (Å²) in [6, 6.07) is 17.1. The molecule has 0 radical (unpaired) electrons. The number of carbonyl (C=O) groups is 2. The Kier molecular flexibility index (Phi) is 7.88. The summed E-state index contributed by atoms with van der Waals surface area (Å²) in [7, 11) is 0. The lowest BCUT2D eigenvalue weighted by Gasteiger charge is -2.36. The molecule has 4 aromatic rings. The van der Waals surface area contributed by atoms with Crippen LogP contribution in [0.15, 0.2) is 65.5 Å². The van der Waals surface area contributed by atoms with Crippen LogP contribution in [0.2, 0.25) is 0 Å². The molecular formula is C35H37FN4O4. The minimum atomic E-state index is -0.885. The van der Waals surface area contributed by atoms with E-state index in [4.69, 9.17) is 5.73 Å². The predicted molar refractivity (Wildman–Crippen MR) is 168 cm³/mol. The molecule has 0 saturated heterocycles. The lowest BCUT2D eigenvalue weighted by atomic mass is 9.68. The molecular weight excluding hydrogens is 559 g/mol. The third kappa shape index (κ3) is 5.10. The molecule has 5 N–H and O–H groups in total. The van der Waals surface area contributed by atoms with Gasteiger partial charge in [0.2, 0.25) is 0 Å². The van der Waals surface area contributed by atoms with E-state index in [0.29, 0.717) is 28.8 Å². The number of phenolic OH excluding ortho intramolecular Hbond substituents is 1. The van der Waals surface area contributed by atoms with Crippen LogP contribution in [-0.4, -0.2) is 28.1 Å². The number of benzene rings is 3. The number of primary amides is 1. The number of aromatic nitrogens is 1. The van der Waals surface area contributed by atoms with Gasteiger partial charge in [-0.05, 0) is 80.2 Å². The fraction of sp³-hybridized carbons (Fsp3) is 0.343. The van der Waals surface area contributed by atoms with Crippen molar-refractivity contribution in [3.63, 3.8) is 0 Å². The van der Waals surface area contributed by atoms with Crippen LogP contribution in [-0.2, 0) is 0 Å². The first-order valence-corrected chi connectivity index (χ1v) is 15.3. The Morgan fingerprint density at radius 2 is 1.68 bits per heavy atom. The first kappa shape index (κ1) is 29.4. The van der Waals surface area contributed by atoms with Gasteiger partial charge in [0.15, 0.2) is 0 Å². The standard InChI is InChI=1S/C35H37FN4O4/c1-3-38-40-19(2)27(34(43)39-32(22-15-16-22)21-9-5-4-6-10-21)30-24(17-18-26(41)31(30)35(40)44)28(20-11-7-12-20)23-13-8-14-25(36)29(23)33(37)42/h4-6,8-10,13-14,17-18,20,22,28,32,38,41H,3,7,11-12,15-16H2,1-2H3,(H2,37,42)(H,39,43)/t28-,32-/m1/s1. The van der Waals surface area contributed by atoms with Crippen molar-refractivity contribution in [1.82, 2.24) is 9.99 Å². The molecule has 1 aromatic heterocycles. The van der Waals surface area contributed by atoms with E-state index in [1.165, 1.54) is 16.8 Å². The van der Waals surface area contributed by atoms with Gasteiger partial charge in [-0.1, -0.05) is 55.0 Å². The number of phenols is 1. The second kappa shape index (κ2) is 11.8. The lowest BCUT2D eigenvalue weighted by molar-refractivity contribution is 0.0930. The maximum atomic E-state index is 15.1. The highest BCUT2D eigenvalue weighted by Gasteiger charge is 2.38. The third-order valence-corrected chi connectivity index (χ3v) is 9.25. The van der Waals surface area contributed by atoms with Crippen molar-refractivity contribution in [3.05, 3.63) is 110 Å². The number of rotatable bonds is 10. The van der Waals surface area contributed by atoms with E-state index in [-0.39, 0.29) is 46.0 Å². The van der Waals surface area contributed by atoms with Crippen molar-refractivity contribution in [1.29, 1.82) is 0 Å². The number of nitrogens with zero attached hydrogens (tertiary/aromatic N) is 1. The fourth-order valence-electron chi connectivity index (χ4n) is 6.82. The Bertz CT molecular complexity index is 1810. The van der Waals surface area contributed by atoms with Crippen LogP contribution in [0, 0.1) is 24.6 Å². The number of aromatic hydroxyl groups is 1. The second-order valence-electron chi connectivity index (χ2n) is 12.0. The van der Waals surface area contributed by atoms with Crippen molar-refractivity contribution >= 4 is 22.6 Å². The van der Waals surface area contributed by atoms with Gasteiger partial charge in [-0.15, -0.1) is 0 Å². The summed E-state index contributed by atoms with van der Waals surface area (Å²) in [6.45, 7) is 3.95.